The van der Waals surface area contributed by atoms with Gasteiger partial charge >= 0.3 is 0 Å². The molecule has 0 aromatic heterocycles. The van der Waals surface area contributed by atoms with E-state index in [0.29, 0.717) is 0 Å². The fraction of sp³-hybridized carbons (Fsp3) is 0.278. The van der Waals surface area contributed by atoms with Gasteiger partial charge in [-0.25, -0.2) is 0 Å². The van der Waals surface area contributed by atoms with Crippen LogP contribution in [0, 0.1) is 0 Å². The van der Waals surface area contributed by atoms with Gasteiger partial charge in [0.25, 0.3) is 0 Å². The number of alkyl halides is 1. The first-order valence-corrected chi connectivity index (χ1v) is 8.93. The third kappa shape index (κ3) is 3.46. The van der Waals surface area contributed by atoms with E-state index in [0.717, 1.165) is 24.3 Å². The average molecular weight is 428 g/mol. The second-order valence-electron chi connectivity index (χ2n) is 5.24. The predicted octanol–water partition coefficient (Wildman–Crippen LogP) is 4.93. The summed E-state index contributed by atoms with van der Waals surface area (Å²) < 4.78 is -0.0499. The molecule has 2 atom stereocenters. The van der Waals surface area contributed by atoms with Gasteiger partial charge in [-0.15, -0.1) is 0 Å². The molecule has 4 heteroatoms. The smallest absolute Gasteiger partial charge is 0.207 e. The van der Waals surface area contributed by atoms with Crippen LogP contribution in [0.15, 0.2) is 54.6 Å². The van der Waals surface area contributed by atoms with Gasteiger partial charge in [-0.3, -0.25) is 4.79 Å². The van der Waals surface area contributed by atoms with E-state index >= 15 is 0 Å². The summed E-state index contributed by atoms with van der Waals surface area (Å²) in [5.74, 6) is 0. The number of amides is 1. The molecule has 0 spiro atoms. The van der Waals surface area contributed by atoms with Crippen LogP contribution in [-0.2, 0) is 10.2 Å². The third-order valence-corrected chi connectivity index (χ3v) is 5.61. The summed E-state index contributed by atoms with van der Waals surface area (Å²) in [4.78, 5) is 11.0. The molecule has 0 aliphatic rings. The lowest BCUT2D eigenvalue weighted by Gasteiger charge is -2.39. The second kappa shape index (κ2) is 7.97. The van der Waals surface area contributed by atoms with Crippen LogP contribution in [0.25, 0.3) is 0 Å². The van der Waals surface area contributed by atoms with Crippen LogP contribution < -0.4 is 5.32 Å². The molecule has 116 valence electrons. The SMILES string of the molecule is CCCC(c1ccccc1)(c1ccc(Cl)cc1)C(I)NC=O. The minimum atomic E-state index is -0.276. The van der Waals surface area contributed by atoms with Crippen molar-refractivity contribution in [3.63, 3.8) is 0 Å². The van der Waals surface area contributed by atoms with Crippen molar-refractivity contribution < 1.29 is 4.79 Å². The van der Waals surface area contributed by atoms with Gasteiger partial charge < -0.3 is 5.32 Å². The van der Waals surface area contributed by atoms with Crippen LogP contribution in [0.2, 0.25) is 5.02 Å². The number of benzene rings is 2. The highest BCUT2D eigenvalue weighted by atomic mass is 127. The number of hydrogen-bond acceptors (Lipinski definition) is 1. The standard InChI is InChI=1S/C18H19ClINO/c1-2-12-18(17(20)21-13-22,14-6-4-3-5-7-14)15-8-10-16(19)11-9-15/h3-11,13,17H,2,12H2,1H3,(H,21,22). The lowest BCUT2D eigenvalue weighted by Crippen LogP contribution is -2.45. The molecule has 0 aliphatic carbocycles. The van der Waals surface area contributed by atoms with Gasteiger partial charge in [0.1, 0.15) is 0 Å². The van der Waals surface area contributed by atoms with E-state index in [4.69, 9.17) is 11.6 Å². The zero-order valence-corrected chi connectivity index (χ0v) is 15.3. The summed E-state index contributed by atoms with van der Waals surface area (Å²) in [5.41, 5.74) is 2.09. The highest BCUT2D eigenvalue weighted by molar-refractivity contribution is 14.1. The molecule has 0 radical (unpaired) electrons. The predicted molar refractivity (Wildman–Crippen MR) is 101 cm³/mol. The summed E-state index contributed by atoms with van der Waals surface area (Å²) in [6.45, 7) is 2.16. The lowest BCUT2D eigenvalue weighted by molar-refractivity contribution is -0.109. The van der Waals surface area contributed by atoms with Crippen molar-refractivity contribution in [2.24, 2.45) is 0 Å². The topological polar surface area (TPSA) is 29.1 Å². The minimum Gasteiger partial charge on any atom is -0.346 e. The van der Waals surface area contributed by atoms with E-state index in [1.807, 2.05) is 30.3 Å². The zero-order chi connectivity index (χ0) is 16.0. The van der Waals surface area contributed by atoms with E-state index in [1.165, 1.54) is 11.1 Å². The van der Waals surface area contributed by atoms with Crippen LogP contribution in [0.4, 0.5) is 0 Å². The number of carbonyl (C=O) groups is 1. The first-order chi connectivity index (χ1) is 10.6. The van der Waals surface area contributed by atoms with E-state index in [2.05, 4.69) is 59.1 Å². The first kappa shape index (κ1) is 17.3. The van der Waals surface area contributed by atoms with Crippen LogP contribution >= 0.6 is 34.2 Å². The lowest BCUT2D eigenvalue weighted by atomic mass is 9.71. The zero-order valence-electron chi connectivity index (χ0n) is 12.4. The van der Waals surface area contributed by atoms with Gasteiger partial charge in [-0.1, -0.05) is 90.0 Å². The van der Waals surface area contributed by atoms with Crippen molar-refractivity contribution in [2.45, 2.75) is 29.2 Å². The van der Waals surface area contributed by atoms with E-state index in [9.17, 15) is 4.79 Å². The van der Waals surface area contributed by atoms with Crippen molar-refractivity contribution in [3.05, 3.63) is 70.7 Å². The van der Waals surface area contributed by atoms with Gasteiger partial charge in [0.15, 0.2) is 0 Å². The molecule has 2 nitrogen and oxygen atoms in total. The van der Waals surface area contributed by atoms with Crippen molar-refractivity contribution in [2.75, 3.05) is 0 Å². The molecule has 0 saturated carbocycles. The fourth-order valence-corrected chi connectivity index (χ4v) is 4.26. The van der Waals surface area contributed by atoms with Crippen LogP contribution in [0.1, 0.15) is 30.9 Å². The number of rotatable bonds is 7. The Hall–Kier alpha value is -1.07. The highest BCUT2D eigenvalue weighted by Gasteiger charge is 2.40. The molecule has 0 fully saturated rings. The Morgan fingerprint density at radius 2 is 1.73 bits per heavy atom. The summed E-state index contributed by atoms with van der Waals surface area (Å²) in [6.07, 6.45) is 2.73. The molecule has 0 bridgehead atoms. The summed E-state index contributed by atoms with van der Waals surface area (Å²) >= 11 is 8.37. The largest absolute Gasteiger partial charge is 0.346 e. The molecule has 2 unspecified atom stereocenters. The monoisotopic (exact) mass is 427 g/mol. The quantitative estimate of drug-likeness (QED) is 0.288. The Bertz CT molecular complexity index is 602. The fourth-order valence-electron chi connectivity index (χ4n) is 2.95. The molecule has 2 rings (SSSR count). The van der Waals surface area contributed by atoms with Gasteiger partial charge in [-0.2, -0.15) is 0 Å². The minimum absolute atomic E-state index is 0.0499. The number of hydrogen-bond donors (Lipinski definition) is 1. The molecule has 0 saturated heterocycles. The van der Waals surface area contributed by atoms with Crippen LogP contribution in [0.3, 0.4) is 0 Å². The van der Waals surface area contributed by atoms with E-state index < -0.39 is 0 Å². The molecular weight excluding hydrogens is 409 g/mol. The molecule has 2 aromatic rings. The van der Waals surface area contributed by atoms with Gasteiger partial charge in [0.2, 0.25) is 6.41 Å². The van der Waals surface area contributed by atoms with Gasteiger partial charge in [0, 0.05) is 10.4 Å². The normalized spacial score (nSPS) is 14.9. The van der Waals surface area contributed by atoms with Gasteiger partial charge in [0.05, 0.1) is 4.05 Å². The molecule has 2 aromatic carbocycles. The number of halogens is 2. The average Bonchev–Trinajstić information content (AvgIpc) is 2.54. The highest BCUT2D eigenvalue weighted by Crippen LogP contribution is 2.42. The Morgan fingerprint density at radius 1 is 1.14 bits per heavy atom. The number of carbonyl (C=O) groups excluding carboxylic acids is 1. The second-order valence-corrected chi connectivity index (χ2v) is 6.92. The molecule has 0 aliphatic heterocycles. The van der Waals surface area contributed by atoms with Crippen molar-refractivity contribution in [1.82, 2.24) is 5.32 Å². The maximum atomic E-state index is 11.0. The van der Waals surface area contributed by atoms with Crippen molar-refractivity contribution in [3.8, 4) is 0 Å². The van der Waals surface area contributed by atoms with E-state index in [1.54, 1.807) is 0 Å². The Labute approximate surface area is 150 Å². The Kier molecular flexibility index (Phi) is 6.26. The van der Waals surface area contributed by atoms with Crippen molar-refractivity contribution in [1.29, 1.82) is 0 Å². The van der Waals surface area contributed by atoms with Crippen LogP contribution in [-0.4, -0.2) is 10.5 Å². The third-order valence-electron chi connectivity index (χ3n) is 3.94. The van der Waals surface area contributed by atoms with Crippen molar-refractivity contribution >= 4 is 40.6 Å². The molecule has 0 heterocycles. The molecular formula is C18H19ClINO. The van der Waals surface area contributed by atoms with Gasteiger partial charge in [-0.05, 0) is 29.7 Å². The molecule has 22 heavy (non-hydrogen) atoms. The number of nitrogens with one attached hydrogen (secondary N) is 1. The van der Waals surface area contributed by atoms with Crippen LogP contribution in [0.5, 0.6) is 0 Å². The Balaban J connectivity index is 2.64. The summed E-state index contributed by atoms with van der Waals surface area (Å²) in [5, 5.41) is 3.67. The maximum absolute atomic E-state index is 11.0. The molecule has 1 N–H and O–H groups in total. The molecule has 1 amide bonds. The maximum Gasteiger partial charge on any atom is 0.207 e. The summed E-state index contributed by atoms with van der Waals surface area (Å²) in [6, 6.07) is 18.3. The van der Waals surface area contributed by atoms with E-state index in [-0.39, 0.29) is 9.46 Å². The Morgan fingerprint density at radius 3 is 2.27 bits per heavy atom. The summed E-state index contributed by atoms with van der Waals surface area (Å²) in [7, 11) is 0. The first-order valence-electron chi connectivity index (χ1n) is 7.30.